The summed E-state index contributed by atoms with van der Waals surface area (Å²) in [6, 6.07) is 24.5. The van der Waals surface area contributed by atoms with Crippen molar-refractivity contribution < 1.29 is 19.0 Å². The SMILES string of the molecule is CCCN(CC)C(=O)C(c1ccccc1)N1CC(c2ccc3c(c2)OCO3)CC1c1ccc(OC)cc1. The van der Waals surface area contributed by atoms with E-state index in [-0.39, 0.29) is 30.7 Å². The Morgan fingerprint density at radius 1 is 1.00 bits per heavy atom. The second-order valence-corrected chi connectivity index (χ2v) is 9.76. The number of ether oxygens (including phenoxy) is 3. The smallest absolute Gasteiger partial charge is 0.244 e. The lowest BCUT2D eigenvalue weighted by Crippen LogP contribution is -2.43. The highest BCUT2D eigenvalue weighted by atomic mass is 16.7. The van der Waals surface area contributed by atoms with E-state index in [1.807, 2.05) is 41.3 Å². The molecule has 2 heterocycles. The molecule has 0 saturated carbocycles. The van der Waals surface area contributed by atoms with Crippen LogP contribution < -0.4 is 14.2 Å². The first-order chi connectivity index (χ1) is 18.1. The fourth-order valence-electron chi connectivity index (χ4n) is 5.69. The van der Waals surface area contributed by atoms with Crippen LogP contribution in [0.15, 0.2) is 72.8 Å². The van der Waals surface area contributed by atoms with Gasteiger partial charge in [-0.15, -0.1) is 0 Å². The van der Waals surface area contributed by atoms with Gasteiger partial charge in [-0.1, -0.05) is 55.5 Å². The van der Waals surface area contributed by atoms with Crippen LogP contribution in [0.4, 0.5) is 0 Å². The summed E-state index contributed by atoms with van der Waals surface area (Å²) in [5.74, 6) is 2.84. The molecule has 3 unspecified atom stereocenters. The third-order valence-corrected chi connectivity index (χ3v) is 7.58. The van der Waals surface area contributed by atoms with E-state index in [9.17, 15) is 4.79 Å². The molecule has 1 fully saturated rings. The van der Waals surface area contributed by atoms with Crippen LogP contribution in [-0.2, 0) is 4.79 Å². The molecule has 6 nitrogen and oxygen atoms in total. The van der Waals surface area contributed by atoms with Gasteiger partial charge in [-0.05, 0) is 66.6 Å². The lowest BCUT2D eigenvalue weighted by atomic mass is 9.93. The molecule has 5 rings (SSSR count). The monoisotopic (exact) mass is 500 g/mol. The number of rotatable bonds is 9. The summed E-state index contributed by atoms with van der Waals surface area (Å²) in [6.45, 7) is 6.67. The van der Waals surface area contributed by atoms with Gasteiger partial charge in [0.15, 0.2) is 11.5 Å². The van der Waals surface area contributed by atoms with Gasteiger partial charge in [0.1, 0.15) is 11.8 Å². The van der Waals surface area contributed by atoms with Gasteiger partial charge in [-0.3, -0.25) is 9.69 Å². The zero-order valence-electron chi connectivity index (χ0n) is 21.9. The first kappa shape index (κ1) is 25.2. The van der Waals surface area contributed by atoms with Crippen molar-refractivity contribution in [2.45, 2.75) is 44.7 Å². The quantitative estimate of drug-likeness (QED) is 0.363. The van der Waals surface area contributed by atoms with Crippen molar-refractivity contribution in [1.82, 2.24) is 9.80 Å². The van der Waals surface area contributed by atoms with E-state index in [4.69, 9.17) is 14.2 Å². The summed E-state index contributed by atoms with van der Waals surface area (Å²) in [5, 5.41) is 0. The molecule has 1 amide bonds. The van der Waals surface area contributed by atoms with Gasteiger partial charge in [0.05, 0.1) is 7.11 Å². The molecule has 3 atom stereocenters. The van der Waals surface area contributed by atoms with Crippen LogP contribution in [0.2, 0.25) is 0 Å². The highest BCUT2D eigenvalue weighted by Crippen LogP contribution is 2.47. The number of benzene rings is 3. The molecule has 0 aliphatic carbocycles. The molecule has 0 bridgehead atoms. The molecule has 0 spiro atoms. The van der Waals surface area contributed by atoms with Crippen LogP contribution >= 0.6 is 0 Å². The van der Waals surface area contributed by atoms with Crippen molar-refractivity contribution >= 4 is 5.91 Å². The number of carbonyl (C=O) groups is 1. The topological polar surface area (TPSA) is 51.2 Å². The second-order valence-electron chi connectivity index (χ2n) is 9.76. The molecule has 2 aliphatic heterocycles. The van der Waals surface area contributed by atoms with Gasteiger partial charge in [-0.25, -0.2) is 0 Å². The normalized spacial score (nSPS) is 19.5. The number of carbonyl (C=O) groups excluding carboxylic acids is 1. The summed E-state index contributed by atoms with van der Waals surface area (Å²) < 4.78 is 16.6. The van der Waals surface area contributed by atoms with Gasteiger partial charge in [0.25, 0.3) is 0 Å². The molecular weight excluding hydrogens is 464 g/mol. The van der Waals surface area contributed by atoms with E-state index in [2.05, 4.69) is 55.1 Å². The Labute approximate surface area is 219 Å². The van der Waals surface area contributed by atoms with Crippen molar-refractivity contribution in [2.24, 2.45) is 0 Å². The van der Waals surface area contributed by atoms with Gasteiger partial charge in [0, 0.05) is 25.7 Å². The average Bonchev–Trinajstić information content (AvgIpc) is 3.59. The Morgan fingerprint density at radius 2 is 1.73 bits per heavy atom. The number of fused-ring (bicyclic) bond motifs is 1. The minimum atomic E-state index is -0.362. The first-order valence-electron chi connectivity index (χ1n) is 13.3. The Morgan fingerprint density at radius 3 is 2.43 bits per heavy atom. The third kappa shape index (κ3) is 5.16. The minimum absolute atomic E-state index is 0.0795. The average molecular weight is 501 g/mol. The first-order valence-corrected chi connectivity index (χ1v) is 13.3. The zero-order chi connectivity index (χ0) is 25.8. The van der Waals surface area contributed by atoms with Gasteiger partial charge >= 0.3 is 0 Å². The number of hydrogen-bond donors (Lipinski definition) is 0. The Kier molecular flexibility index (Phi) is 7.65. The maximum absolute atomic E-state index is 14.2. The van der Waals surface area contributed by atoms with Crippen LogP contribution in [0.25, 0.3) is 0 Å². The highest BCUT2D eigenvalue weighted by Gasteiger charge is 2.42. The molecule has 0 radical (unpaired) electrons. The van der Waals surface area contributed by atoms with Crippen LogP contribution in [-0.4, -0.2) is 49.2 Å². The molecule has 37 heavy (non-hydrogen) atoms. The van der Waals surface area contributed by atoms with E-state index in [0.717, 1.165) is 48.7 Å². The van der Waals surface area contributed by atoms with Crippen molar-refractivity contribution in [2.75, 3.05) is 33.5 Å². The fraction of sp³-hybridized carbons (Fsp3) is 0.387. The summed E-state index contributed by atoms with van der Waals surface area (Å²) in [4.78, 5) is 18.6. The predicted molar refractivity (Wildman–Crippen MR) is 144 cm³/mol. The maximum atomic E-state index is 14.2. The molecular formula is C31H36N2O4. The number of amides is 1. The molecule has 3 aromatic carbocycles. The van der Waals surface area contributed by atoms with Gasteiger partial charge < -0.3 is 19.1 Å². The van der Waals surface area contributed by atoms with Crippen molar-refractivity contribution in [1.29, 1.82) is 0 Å². The molecule has 1 saturated heterocycles. The van der Waals surface area contributed by atoms with Crippen molar-refractivity contribution in [3.63, 3.8) is 0 Å². The lowest BCUT2D eigenvalue weighted by Gasteiger charge is -2.36. The summed E-state index contributed by atoms with van der Waals surface area (Å²) in [6.07, 6.45) is 1.84. The second kappa shape index (κ2) is 11.3. The van der Waals surface area contributed by atoms with E-state index in [1.165, 1.54) is 11.1 Å². The van der Waals surface area contributed by atoms with E-state index in [1.54, 1.807) is 7.11 Å². The van der Waals surface area contributed by atoms with Crippen molar-refractivity contribution in [3.8, 4) is 17.2 Å². The maximum Gasteiger partial charge on any atom is 0.244 e. The van der Waals surface area contributed by atoms with E-state index in [0.29, 0.717) is 6.54 Å². The zero-order valence-corrected chi connectivity index (χ0v) is 21.9. The molecule has 0 aromatic heterocycles. The van der Waals surface area contributed by atoms with Crippen molar-refractivity contribution in [3.05, 3.63) is 89.5 Å². The van der Waals surface area contributed by atoms with Gasteiger partial charge in [0.2, 0.25) is 12.7 Å². The lowest BCUT2D eigenvalue weighted by molar-refractivity contribution is -0.137. The predicted octanol–water partition coefficient (Wildman–Crippen LogP) is 5.95. The van der Waals surface area contributed by atoms with Crippen LogP contribution in [0.3, 0.4) is 0 Å². The van der Waals surface area contributed by atoms with E-state index < -0.39 is 0 Å². The molecule has 6 heteroatoms. The number of likely N-dealkylation sites (N-methyl/N-ethyl adjacent to an activating group) is 1. The molecule has 0 N–H and O–H groups in total. The standard InChI is InChI=1S/C31H36N2O4/c1-4-17-32(5-2)31(34)30(23-9-7-6-8-10-23)33-20-25(24-13-16-28-29(19-24)37-21-36-28)18-27(33)22-11-14-26(35-3)15-12-22/h6-16,19,25,27,30H,4-5,17-18,20-21H2,1-3H3. The third-order valence-electron chi connectivity index (χ3n) is 7.58. The number of likely N-dealkylation sites (tertiary alicyclic amines) is 1. The Balaban J connectivity index is 1.55. The molecule has 3 aromatic rings. The summed E-state index contributed by atoms with van der Waals surface area (Å²) in [5.41, 5.74) is 3.44. The Bertz CT molecular complexity index is 1200. The van der Waals surface area contributed by atoms with E-state index >= 15 is 0 Å². The number of methoxy groups -OCH3 is 1. The summed E-state index contributed by atoms with van der Waals surface area (Å²) >= 11 is 0. The summed E-state index contributed by atoms with van der Waals surface area (Å²) in [7, 11) is 1.68. The highest BCUT2D eigenvalue weighted by molar-refractivity contribution is 5.83. The molecule has 194 valence electrons. The number of hydrogen-bond acceptors (Lipinski definition) is 5. The molecule has 2 aliphatic rings. The minimum Gasteiger partial charge on any atom is -0.497 e. The largest absolute Gasteiger partial charge is 0.497 e. The Hall–Kier alpha value is -3.51. The fourth-order valence-corrected chi connectivity index (χ4v) is 5.69. The van der Waals surface area contributed by atoms with Crippen LogP contribution in [0.5, 0.6) is 17.2 Å². The van der Waals surface area contributed by atoms with Crippen LogP contribution in [0, 0.1) is 0 Å². The number of nitrogens with zero attached hydrogens (tertiary/aromatic N) is 2. The van der Waals surface area contributed by atoms with Crippen LogP contribution in [0.1, 0.15) is 61.4 Å². The van der Waals surface area contributed by atoms with Gasteiger partial charge in [-0.2, -0.15) is 0 Å².